The van der Waals surface area contributed by atoms with Gasteiger partial charge in [-0.25, -0.2) is 0 Å². The average Bonchev–Trinajstić information content (AvgIpc) is 2.58. The van der Waals surface area contributed by atoms with Gasteiger partial charge in [0.1, 0.15) is 16.4 Å². The van der Waals surface area contributed by atoms with Crippen molar-refractivity contribution in [2.75, 3.05) is 6.61 Å². The van der Waals surface area contributed by atoms with Crippen molar-refractivity contribution in [2.24, 2.45) is 0 Å². The van der Waals surface area contributed by atoms with Crippen molar-refractivity contribution in [2.45, 2.75) is 30.4 Å². The van der Waals surface area contributed by atoms with E-state index in [1.54, 1.807) is 10.6 Å². The van der Waals surface area contributed by atoms with Crippen molar-refractivity contribution in [3.8, 4) is 0 Å². The summed E-state index contributed by atoms with van der Waals surface area (Å²) >= 11 is 3.40. The molecule has 2 aliphatic heterocycles. The van der Waals surface area contributed by atoms with E-state index in [0.717, 1.165) is 5.56 Å². The second-order valence-electron chi connectivity index (χ2n) is 4.76. The van der Waals surface area contributed by atoms with Gasteiger partial charge in [0.2, 0.25) is 0 Å². The third-order valence-electron chi connectivity index (χ3n) is 3.60. The fourth-order valence-electron chi connectivity index (χ4n) is 2.77. The number of amides is 1. The molecule has 1 aromatic heterocycles. The maximum atomic E-state index is 12.1. The van der Waals surface area contributed by atoms with Gasteiger partial charge in [0.05, 0.1) is 6.61 Å². The van der Waals surface area contributed by atoms with E-state index in [4.69, 9.17) is 4.74 Å². The number of hydrogen-bond donors (Lipinski definition) is 1. The summed E-state index contributed by atoms with van der Waals surface area (Å²) in [5.74, 6) is -0.174. The lowest BCUT2D eigenvalue weighted by Crippen LogP contribution is -2.52. The third-order valence-corrected chi connectivity index (χ3v) is 4.18. The van der Waals surface area contributed by atoms with Crippen LogP contribution in [0.4, 0.5) is 0 Å². The number of aromatic nitrogens is 1. The first-order chi connectivity index (χ1) is 8.53. The van der Waals surface area contributed by atoms with Crippen LogP contribution in [0.15, 0.2) is 16.9 Å². The zero-order valence-electron chi connectivity index (χ0n) is 9.90. The predicted octanol–water partition coefficient (Wildman–Crippen LogP) is 1.08. The van der Waals surface area contributed by atoms with E-state index in [-0.39, 0.29) is 16.5 Å². The molecule has 5 nitrogen and oxygen atoms in total. The minimum absolute atomic E-state index is 0.143. The molecular formula is C12H13BrN2O3. The van der Waals surface area contributed by atoms with Crippen molar-refractivity contribution in [1.82, 2.24) is 9.88 Å². The molecular weight excluding hydrogens is 300 g/mol. The van der Waals surface area contributed by atoms with Crippen LogP contribution in [-0.2, 0) is 10.4 Å². The molecule has 3 rings (SSSR count). The molecule has 0 bridgehead atoms. The Morgan fingerprint density at radius 3 is 3.00 bits per heavy atom. The maximum absolute atomic E-state index is 12.1. The average molecular weight is 313 g/mol. The van der Waals surface area contributed by atoms with Gasteiger partial charge in [-0.15, -0.1) is 0 Å². The van der Waals surface area contributed by atoms with E-state index in [1.165, 1.54) is 6.07 Å². The fraction of sp³-hybridized carbons (Fsp3) is 0.500. The molecule has 0 radical (unpaired) electrons. The van der Waals surface area contributed by atoms with Crippen molar-refractivity contribution < 1.29 is 9.53 Å². The quantitative estimate of drug-likeness (QED) is 0.729. The van der Waals surface area contributed by atoms with Crippen LogP contribution in [0.2, 0.25) is 0 Å². The summed E-state index contributed by atoms with van der Waals surface area (Å²) in [6.07, 6.45) is 1.16. The van der Waals surface area contributed by atoms with Gasteiger partial charge in [-0.3, -0.25) is 14.2 Å². The summed E-state index contributed by atoms with van der Waals surface area (Å²) < 4.78 is 7.03. The minimum atomic E-state index is -0.637. The van der Waals surface area contributed by atoms with Crippen LogP contribution in [-0.4, -0.2) is 22.1 Å². The molecule has 1 saturated heterocycles. The minimum Gasteiger partial charge on any atom is -0.367 e. The van der Waals surface area contributed by atoms with Crippen LogP contribution in [0.25, 0.3) is 0 Å². The number of fused-ring (bicyclic) bond motifs is 2. The van der Waals surface area contributed by atoms with E-state index in [9.17, 15) is 9.59 Å². The number of pyridine rings is 1. The highest BCUT2D eigenvalue weighted by atomic mass is 79.9. The van der Waals surface area contributed by atoms with Gasteiger partial charge in [-0.2, -0.15) is 0 Å². The molecule has 1 aromatic rings. The Morgan fingerprint density at radius 1 is 1.50 bits per heavy atom. The van der Waals surface area contributed by atoms with Crippen molar-refractivity contribution in [1.29, 1.82) is 0 Å². The summed E-state index contributed by atoms with van der Waals surface area (Å²) in [6, 6.07) is 3.21. The number of nitrogens with zero attached hydrogens (tertiary/aromatic N) is 1. The van der Waals surface area contributed by atoms with E-state index in [1.807, 2.05) is 6.92 Å². The van der Waals surface area contributed by atoms with E-state index >= 15 is 0 Å². The number of nitrogens with one attached hydrogen (secondary N) is 1. The van der Waals surface area contributed by atoms with Gasteiger partial charge in [0.25, 0.3) is 11.5 Å². The van der Waals surface area contributed by atoms with E-state index < -0.39 is 5.66 Å². The lowest BCUT2D eigenvalue weighted by molar-refractivity contribution is -0.00245. The molecule has 3 heterocycles. The second kappa shape index (κ2) is 3.93. The zero-order valence-corrected chi connectivity index (χ0v) is 11.5. The first-order valence-electron chi connectivity index (χ1n) is 5.85. The molecule has 1 spiro atoms. The van der Waals surface area contributed by atoms with Gasteiger partial charge >= 0.3 is 0 Å². The molecule has 2 atom stereocenters. The van der Waals surface area contributed by atoms with Crippen molar-refractivity contribution in [3.63, 3.8) is 0 Å². The Kier molecular flexibility index (Phi) is 2.60. The Morgan fingerprint density at radius 2 is 2.28 bits per heavy atom. The lowest BCUT2D eigenvalue weighted by atomic mass is 10.0. The number of halogens is 1. The zero-order chi connectivity index (χ0) is 12.9. The third kappa shape index (κ3) is 1.55. The van der Waals surface area contributed by atoms with Crippen LogP contribution in [0.3, 0.4) is 0 Å². The maximum Gasteiger partial charge on any atom is 0.270 e. The molecule has 96 valence electrons. The van der Waals surface area contributed by atoms with Crippen molar-refractivity contribution in [3.05, 3.63) is 33.7 Å². The molecule has 2 unspecified atom stereocenters. The largest absolute Gasteiger partial charge is 0.367 e. The molecule has 1 fully saturated rings. The molecule has 1 N–H and O–H groups in total. The molecule has 18 heavy (non-hydrogen) atoms. The smallest absolute Gasteiger partial charge is 0.270 e. The van der Waals surface area contributed by atoms with Crippen LogP contribution >= 0.6 is 15.9 Å². The Labute approximate surface area is 112 Å². The highest BCUT2D eigenvalue weighted by Gasteiger charge is 2.47. The normalized spacial score (nSPS) is 30.3. The number of ether oxygens (including phenoxy) is 1. The summed E-state index contributed by atoms with van der Waals surface area (Å²) in [6.45, 7) is 2.35. The summed E-state index contributed by atoms with van der Waals surface area (Å²) in [5, 5.41) is 2.81. The van der Waals surface area contributed by atoms with Gasteiger partial charge in [-0.05, 0) is 12.5 Å². The number of alkyl halides is 1. The highest BCUT2D eigenvalue weighted by Crippen LogP contribution is 2.36. The summed E-state index contributed by atoms with van der Waals surface area (Å²) in [4.78, 5) is 24.2. The number of carbonyl (C=O) groups is 1. The SMILES string of the molecule is Cc1ccc(=O)n2c1C(=O)NC21CCOC(Br)C1. The Hall–Kier alpha value is -1.14. The molecule has 1 amide bonds. The summed E-state index contributed by atoms with van der Waals surface area (Å²) in [5.41, 5.74) is 0.517. The Balaban J connectivity index is 2.22. The number of rotatable bonds is 0. The lowest BCUT2D eigenvalue weighted by Gasteiger charge is -2.37. The van der Waals surface area contributed by atoms with Gasteiger partial charge < -0.3 is 10.1 Å². The highest BCUT2D eigenvalue weighted by molar-refractivity contribution is 9.09. The predicted molar refractivity (Wildman–Crippen MR) is 68.8 cm³/mol. The second-order valence-corrected chi connectivity index (χ2v) is 5.78. The van der Waals surface area contributed by atoms with Crippen LogP contribution in [0.1, 0.15) is 28.9 Å². The van der Waals surface area contributed by atoms with Crippen LogP contribution in [0.5, 0.6) is 0 Å². The molecule has 2 aliphatic rings. The number of hydrogen-bond acceptors (Lipinski definition) is 3. The fourth-order valence-corrected chi connectivity index (χ4v) is 3.49. The molecule has 6 heteroatoms. The van der Waals surface area contributed by atoms with Gasteiger partial charge in [0, 0.05) is 18.9 Å². The number of aryl methyl sites for hydroxylation is 1. The topological polar surface area (TPSA) is 60.3 Å². The number of carbonyl (C=O) groups excluding carboxylic acids is 1. The van der Waals surface area contributed by atoms with Crippen molar-refractivity contribution >= 4 is 21.8 Å². The van der Waals surface area contributed by atoms with Gasteiger partial charge in [-0.1, -0.05) is 22.0 Å². The van der Waals surface area contributed by atoms with Crippen LogP contribution in [0, 0.1) is 6.92 Å². The monoisotopic (exact) mass is 312 g/mol. The van der Waals surface area contributed by atoms with Gasteiger partial charge in [0.15, 0.2) is 0 Å². The van der Waals surface area contributed by atoms with E-state index in [0.29, 0.717) is 25.1 Å². The van der Waals surface area contributed by atoms with Crippen LogP contribution < -0.4 is 10.9 Å². The molecule has 0 aliphatic carbocycles. The summed E-state index contributed by atoms with van der Waals surface area (Å²) in [7, 11) is 0. The first kappa shape index (κ1) is 11.9. The Bertz CT molecular complexity index is 583. The first-order valence-corrected chi connectivity index (χ1v) is 6.76. The standard InChI is InChI=1S/C12H13BrN2O3/c1-7-2-3-9(16)15-10(7)11(17)14-12(15)4-5-18-8(13)6-12/h2-3,8H,4-6H2,1H3,(H,14,17). The molecule has 0 aromatic carbocycles. The van der Waals surface area contributed by atoms with E-state index in [2.05, 4.69) is 21.2 Å². The molecule has 0 saturated carbocycles.